The fourth-order valence-corrected chi connectivity index (χ4v) is 11.9. The number of unbranched alkanes of at least 4 members (excludes halogenated alkanes) is 2. The van der Waals surface area contributed by atoms with E-state index < -0.39 is 18.3 Å². The van der Waals surface area contributed by atoms with E-state index in [4.69, 9.17) is 14.2 Å². The molecular weight excluding hydrogens is 571 g/mol. The van der Waals surface area contributed by atoms with Crippen molar-refractivity contribution in [3.8, 4) is 17.2 Å². The van der Waals surface area contributed by atoms with Crippen LogP contribution in [0.2, 0.25) is 0 Å². The number of carbonyl (C=O) groups is 1. The summed E-state index contributed by atoms with van der Waals surface area (Å²) in [5.41, 5.74) is -0.782. The first kappa shape index (κ1) is 33.8. The molecule has 0 saturated carbocycles. The predicted octanol–water partition coefficient (Wildman–Crippen LogP) is 5.83. The van der Waals surface area contributed by atoms with Crippen molar-refractivity contribution in [1.29, 1.82) is 0 Å². The number of benzene rings is 3. The fraction of sp³-hybridized carbons (Fsp3) is 0.472. The van der Waals surface area contributed by atoms with Crippen molar-refractivity contribution in [3.63, 3.8) is 0 Å². The van der Waals surface area contributed by atoms with Gasteiger partial charge < -0.3 is 0 Å². The van der Waals surface area contributed by atoms with E-state index in [2.05, 4.69) is 78.1 Å². The summed E-state index contributed by atoms with van der Waals surface area (Å²) in [5.74, 6) is 2.60. The van der Waals surface area contributed by atoms with Gasteiger partial charge in [-0.25, -0.2) is 0 Å². The molecule has 0 unspecified atom stereocenters. The van der Waals surface area contributed by atoms with Gasteiger partial charge in [-0.3, -0.25) is 0 Å². The Balaban J connectivity index is 1.52. The molecule has 1 fully saturated rings. The predicted molar refractivity (Wildman–Crippen MR) is 182 cm³/mol. The maximum absolute atomic E-state index is 13.0. The van der Waals surface area contributed by atoms with E-state index in [1.807, 2.05) is 27.7 Å². The molecular formula is C36H51N2O5P. The third-order valence-corrected chi connectivity index (χ3v) is 14.3. The number of hydrogen-bond acceptors (Lipinski definition) is 6. The van der Waals surface area contributed by atoms with Gasteiger partial charge in [0.15, 0.2) is 0 Å². The number of nitrogens with one attached hydrogen (secondary N) is 1. The van der Waals surface area contributed by atoms with E-state index in [1.54, 1.807) is 21.3 Å². The minimum atomic E-state index is -2.48. The van der Waals surface area contributed by atoms with Crippen molar-refractivity contribution in [2.75, 3.05) is 27.5 Å². The molecule has 7 nitrogen and oxygen atoms in total. The van der Waals surface area contributed by atoms with E-state index in [-0.39, 0.29) is 11.9 Å². The molecule has 2 N–H and O–H groups in total. The third-order valence-electron chi connectivity index (χ3n) is 9.21. The van der Waals surface area contributed by atoms with Gasteiger partial charge in [0.2, 0.25) is 0 Å². The number of piperidine rings is 1. The number of hydroxylamine groups is 2. The van der Waals surface area contributed by atoms with Crippen LogP contribution in [0, 0.1) is 0 Å². The Morgan fingerprint density at radius 3 is 1.48 bits per heavy atom. The molecule has 44 heavy (non-hydrogen) atoms. The Labute approximate surface area is 264 Å². The SMILES string of the molecule is COc1ccc([PH](CCCCCC(=O)NC2CC(C)(C)N(O)C(C)(C)C2)(c2ccc(OC)cc2)c2ccc(OC)cc2)cc1. The molecule has 4 rings (SSSR count). The molecule has 3 aromatic carbocycles. The first-order valence-corrected chi connectivity index (χ1v) is 17.9. The average molecular weight is 623 g/mol. The van der Waals surface area contributed by atoms with E-state index in [0.29, 0.717) is 6.42 Å². The number of ether oxygens (including phenoxy) is 3. The van der Waals surface area contributed by atoms with Crippen molar-refractivity contribution in [3.05, 3.63) is 72.8 Å². The fourth-order valence-electron chi connectivity index (χ4n) is 7.08. The average Bonchev–Trinajstić information content (AvgIpc) is 3.02. The van der Waals surface area contributed by atoms with Crippen molar-refractivity contribution in [2.45, 2.75) is 83.3 Å². The summed E-state index contributed by atoms with van der Waals surface area (Å²) in [6.45, 7) is 8.10. The number of amides is 1. The molecule has 0 spiro atoms. The summed E-state index contributed by atoms with van der Waals surface area (Å²) in [6.07, 6.45) is 5.72. The van der Waals surface area contributed by atoms with Crippen LogP contribution in [0.3, 0.4) is 0 Å². The second kappa shape index (κ2) is 14.3. The van der Waals surface area contributed by atoms with Crippen LogP contribution in [-0.2, 0) is 4.79 Å². The van der Waals surface area contributed by atoms with Gasteiger partial charge >= 0.3 is 265 Å². The molecule has 3 aromatic rings. The Kier molecular flexibility index (Phi) is 11.0. The quantitative estimate of drug-likeness (QED) is 0.185. The topological polar surface area (TPSA) is 80.3 Å². The van der Waals surface area contributed by atoms with Crippen molar-refractivity contribution < 1.29 is 24.2 Å². The Morgan fingerprint density at radius 1 is 0.727 bits per heavy atom. The Hall–Kier alpha value is -3.12. The summed E-state index contributed by atoms with van der Waals surface area (Å²) in [4.78, 5) is 13.0. The summed E-state index contributed by atoms with van der Waals surface area (Å²) >= 11 is 0. The van der Waals surface area contributed by atoms with Crippen LogP contribution >= 0.6 is 7.26 Å². The van der Waals surface area contributed by atoms with E-state index in [1.165, 1.54) is 21.0 Å². The number of methoxy groups -OCH3 is 3. The van der Waals surface area contributed by atoms with Crippen molar-refractivity contribution in [2.24, 2.45) is 0 Å². The third kappa shape index (κ3) is 7.56. The van der Waals surface area contributed by atoms with Crippen LogP contribution in [0.5, 0.6) is 17.2 Å². The maximum atomic E-state index is 13.0. The monoisotopic (exact) mass is 622 g/mol. The second-order valence-electron chi connectivity index (χ2n) is 13.3. The minimum absolute atomic E-state index is 0.0520. The molecule has 0 aromatic heterocycles. The van der Waals surface area contributed by atoms with E-state index in [0.717, 1.165) is 55.5 Å². The molecule has 0 atom stereocenters. The summed E-state index contributed by atoms with van der Waals surface area (Å²) < 4.78 is 16.5. The molecule has 1 heterocycles. The van der Waals surface area contributed by atoms with Gasteiger partial charge in [0, 0.05) is 0 Å². The molecule has 8 heteroatoms. The van der Waals surface area contributed by atoms with Crippen molar-refractivity contribution >= 4 is 29.1 Å². The number of nitrogens with zero attached hydrogens (tertiary/aromatic N) is 1. The zero-order valence-corrected chi connectivity index (χ0v) is 28.5. The molecule has 1 amide bonds. The van der Waals surface area contributed by atoms with Crippen LogP contribution in [0.1, 0.15) is 66.2 Å². The van der Waals surface area contributed by atoms with Gasteiger partial charge in [-0.1, -0.05) is 0 Å². The van der Waals surface area contributed by atoms with Gasteiger partial charge in [-0.05, 0) is 0 Å². The molecule has 0 bridgehead atoms. The number of carbonyl (C=O) groups excluding carboxylic acids is 1. The standard InChI is InChI=1S/C36H51N2O5P/c1-35(2)25-27(26-36(3,4)38(35)40)37-34(39)11-9-8-10-24-44(31-18-12-28(41-5)13-19-31,32-20-14-29(42-6)15-21-32)33-22-16-30(43-7)17-23-33/h12-23,27,40,44H,8-11,24-26H2,1-7H3,(H,37,39). The van der Waals surface area contributed by atoms with E-state index >= 15 is 0 Å². The molecule has 1 saturated heterocycles. The molecule has 0 aliphatic carbocycles. The summed E-state index contributed by atoms with van der Waals surface area (Å²) in [7, 11) is 2.61. The molecule has 1 aliphatic heterocycles. The van der Waals surface area contributed by atoms with Crippen LogP contribution in [0.15, 0.2) is 72.8 Å². The van der Waals surface area contributed by atoms with E-state index in [9.17, 15) is 10.0 Å². The van der Waals surface area contributed by atoms with Gasteiger partial charge in [-0.2, -0.15) is 0 Å². The number of rotatable bonds is 13. The van der Waals surface area contributed by atoms with Gasteiger partial charge in [0.05, 0.1) is 0 Å². The summed E-state index contributed by atoms with van der Waals surface area (Å²) in [5, 5.41) is 19.3. The summed E-state index contributed by atoms with van der Waals surface area (Å²) in [6, 6.07) is 25.7. The molecule has 240 valence electrons. The first-order chi connectivity index (χ1) is 20.9. The van der Waals surface area contributed by atoms with Crippen LogP contribution in [0.25, 0.3) is 0 Å². The molecule has 0 radical (unpaired) electrons. The Morgan fingerprint density at radius 2 is 1.11 bits per heavy atom. The van der Waals surface area contributed by atoms with Gasteiger partial charge in [-0.15, -0.1) is 0 Å². The Bertz CT molecular complexity index is 1220. The van der Waals surface area contributed by atoms with Gasteiger partial charge in [0.25, 0.3) is 0 Å². The van der Waals surface area contributed by atoms with Crippen LogP contribution in [0.4, 0.5) is 0 Å². The van der Waals surface area contributed by atoms with Crippen LogP contribution in [-0.4, -0.2) is 60.8 Å². The van der Waals surface area contributed by atoms with Crippen molar-refractivity contribution in [1.82, 2.24) is 10.4 Å². The van der Waals surface area contributed by atoms with Gasteiger partial charge in [0.1, 0.15) is 0 Å². The van der Waals surface area contributed by atoms with Crippen LogP contribution < -0.4 is 35.4 Å². The first-order valence-electron chi connectivity index (χ1n) is 15.7. The zero-order chi connectivity index (χ0) is 32.0. The molecule has 1 aliphatic rings. The second-order valence-corrected chi connectivity index (χ2v) is 17.3. The zero-order valence-electron chi connectivity index (χ0n) is 27.5. The normalized spacial score (nSPS) is 17.1. The number of hydrogen-bond donors (Lipinski definition) is 2.